The van der Waals surface area contributed by atoms with Crippen LogP contribution in [0.1, 0.15) is 6.42 Å². The van der Waals surface area contributed by atoms with Crippen LogP contribution in [-0.2, 0) is 4.74 Å². The van der Waals surface area contributed by atoms with E-state index in [1.54, 1.807) is 7.11 Å². The molecule has 0 aliphatic carbocycles. The van der Waals surface area contributed by atoms with Crippen molar-refractivity contribution in [2.45, 2.75) is 12.6 Å². The highest BCUT2D eigenvalue weighted by Gasteiger charge is 2.20. The molecule has 60 valence electrons. The first-order chi connectivity index (χ1) is 4.83. The number of hydrogen-bond acceptors (Lipinski definition) is 2. The van der Waals surface area contributed by atoms with Gasteiger partial charge in [-0.25, -0.2) is 4.39 Å². The van der Waals surface area contributed by atoms with Gasteiger partial charge in [0.25, 0.3) is 0 Å². The van der Waals surface area contributed by atoms with Crippen molar-refractivity contribution in [3.8, 4) is 0 Å². The van der Waals surface area contributed by atoms with E-state index in [0.29, 0.717) is 19.6 Å². The first-order valence-corrected chi connectivity index (χ1v) is 3.68. The lowest BCUT2D eigenvalue weighted by Crippen LogP contribution is -2.24. The minimum Gasteiger partial charge on any atom is -0.383 e. The van der Waals surface area contributed by atoms with E-state index in [2.05, 4.69) is 4.90 Å². The highest BCUT2D eigenvalue weighted by molar-refractivity contribution is 4.73. The van der Waals surface area contributed by atoms with Crippen LogP contribution in [0.25, 0.3) is 0 Å². The molecule has 0 radical (unpaired) electrons. The number of rotatable bonds is 3. The molecule has 1 rings (SSSR count). The van der Waals surface area contributed by atoms with E-state index < -0.39 is 6.17 Å². The van der Waals surface area contributed by atoms with Crippen LogP contribution < -0.4 is 0 Å². The van der Waals surface area contributed by atoms with Gasteiger partial charge in [0.1, 0.15) is 6.17 Å². The lowest BCUT2D eigenvalue weighted by Gasteiger charge is -2.12. The fraction of sp³-hybridized carbons (Fsp3) is 1.00. The van der Waals surface area contributed by atoms with Gasteiger partial charge in [-0.3, -0.25) is 4.90 Å². The largest absolute Gasteiger partial charge is 0.383 e. The van der Waals surface area contributed by atoms with Crippen molar-refractivity contribution in [2.75, 3.05) is 33.4 Å². The molecule has 0 saturated carbocycles. The van der Waals surface area contributed by atoms with Gasteiger partial charge in [0.2, 0.25) is 0 Å². The molecular weight excluding hydrogens is 133 g/mol. The fourth-order valence-electron chi connectivity index (χ4n) is 1.21. The highest BCUT2D eigenvalue weighted by Crippen LogP contribution is 2.10. The Hall–Kier alpha value is -0.150. The Labute approximate surface area is 61.0 Å². The molecule has 2 nitrogen and oxygen atoms in total. The number of methoxy groups -OCH3 is 1. The summed E-state index contributed by atoms with van der Waals surface area (Å²) in [4.78, 5) is 2.09. The smallest absolute Gasteiger partial charge is 0.114 e. The number of nitrogens with zero attached hydrogens (tertiary/aromatic N) is 1. The van der Waals surface area contributed by atoms with E-state index in [9.17, 15) is 4.39 Å². The maximum Gasteiger partial charge on any atom is 0.114 e. The Kier molecular flexibility index (Phi) is 3.09. The molecule has 1 saturated heterocycles. The minimum atomic E-state index is -0.600. The number of alkyl halides is 1. The summed E-state index contributed by atoms with van der Waals surface area (Å²) in [6.07, 6.45) is 0.0980. The van der Waals surface area contributed by atoms with E-state index in [0.717, 1.165) is 13.1 Å². The maximum absolute atomic E-state index is 12.5. The Bertz CT molecular complexity index is 99.6. The van der Waals surface area contributed by atoms with E-state index in [1.165, 1.54) is 0 Å². The monoisotopic (exact) mass is 147 g/mol. The molecule has 0 aromatic heterocycles. The van der Waals surface area contributed by atoms with Gasteiger partial charge in [0.05, 0.1) is 6.61 Å². The predicted molar refractivity (Wildman–Crippen MR) is 37.8 cm³/mol. The number of halogens is 1. The summed E-state index contributed by atoms with van der Waals surface area (Å²) in [5.41, 5.74) is 0. The second-order valence-corrected chi connectivity index (χ2v) is 2.68. The Morgan fingerprint density at radius 3 is 3.00 bits per heavy atom. The Morgan fingerprint density at radius 1 is 1.70 bits per heavy atom. The summed E-state index contributed by atoms with van der Waals surface area (Å²) in [7, 11) is 1.67. The molecule has 1 aliphatic heterocycles. The number of likely N-dealkylation sites (tertiary alicyclic amines) is 1. The van der Waals surface area contributed by atoms with Crippen LogP contribution in [0, 0.1) is 0 Å². The third-order valence-corrected chi connectivity index (χ3v) is 1.83. The Morgan fingerprint density at radius 2 is 2.50 bits per heavy atom. The quantitative estimate of drug-likeness (QED) is 0.582. The third-order valence-electron chi connectivity index (χ3n) is 1.83. The van der Waals surface area contributed by atoms with Gasteiger partial charge in [0, 0.05) is 26.7 Å². The van der Waals surface area contributed by atoms with Crippen LogP contribution in [0.4, 0.5) is 4.39 Å². The SMILES string of the molecule is COCCN1CC[C@@H](F)C1. The molecule has 0 N–H and O–H groups in total. The van der Waals surface area contributed by atoms with Crippen LogP contribution >= 0.6 is 0 Å². The van der Waals surface area contributed by atoms with Crippen molar-refractivity contribution in [3.63, 3.8) is 0 Å². The van der Waals surface area contributed by atoms with Gasteiger partial charge in [-0.2, -0.15) is 0 Å². The van der Waals surface area contributed by atoms with E-state index in [-0.39, 0.29) is 0 Å². The molecule has 3 heteroatoms. The van der Waals surface area contributed by atoms with Crippen molar-refractivity contribution in [1.29, 1.82) is 0 Å². The summed E-state index contributed by atoms with van der Waals surface area (Å²) in [5, 5.41) is 0. The summed E-state index contributed by atoms with van der Waals surface area (Å²) in [6, 6.07) is 0. The van der Waals surface area contributed by atoms with Crippen LogP contribution in [0.15, 0.2) is 0 Å². The summed E-state index contributed by atoms with van der Waals surface area (Å²) < 4.78 is 17.4. The molecule has 10 heavy (non-hydrogen) atoms. The zero-order valence-corrected chi connectivity index (χ0v) is 6.35. The van der Waals surface area contributed by atoms with Crippen LogP contribution in [0.3, 0.4) is 0 Å². The molecule has 1 fully saturated rings. The maximum atomic E-state index is 12.5. The standard InChI is InChI=1S/C7H14FNO/c1-10-5-4-9-3-2-7(8)6-9/h7H,2-6H2,1H3/t7-/m1/s1. The molecule has 0 spiro atoms. The fourth-order valence-corrected chi connectivity index (χ4v) is 1.21. The van der Waals surface area contributed by atoms with E-state index in [1.807, 2.05) is 0 Å². The third kappa shape index (κ3) is 2.23. The van der Waals surface area contributed by atoms with Crippen LogP contribution in [-0.4, -0.2) is 44.4 Å². The molecule has 0 aromatic carbocycles. The molecule has 0 bridgehead atoms. The zero-order chi connectivity index (χ0) is 7.40. The lowest BCUT2D eigenvalue weighted by molar-refractivity contribution is 0.157. The van der Waals surface area contributed by atoms with Gasteiger partial charge < -0.3 is 4.74 Å². The highest BCUT2D eigenvalue weighted by atomic mass is 19.1. The van der Waals surface area contributed by atoms with Crippen molar-refractivity contribution < 1.29 is 9.13 Å². The second-order valence-electron chi connectivity index (χ2n) is 2.68. The first-order valence-electron chi connectivity index (χ1n) is 3.68. The number of ether oxygens (including phenoxy) is 1. The van der Waals surface area contributed by atoms with Gasteiger partial charge >= 0.3 is 0 Å². The predicted octanol–water partition coefficient (Wildman–Crippen LogP) is 0.677. The summed E-state index contributed by atoms with van der Waals surface area (Å²) in [6.45, 7) is 3.08. The average molecular weight is 147 g/mol. The second kappa shape index (κ2) is 3.88. The molecular formula is C7H14FNO. The molecule has 1 heterocycles. The molecule has 1 aliphatic rings. The van der Waals surface area contributed by atoms with Gasteiger partial charge in [-0.05, 0) is 6.42 Å². The van der Waals surface area contributed by atoms with Gasteiger partial charge in [-0.1, -0.05) is 0 Å². The lowest BCUT2D eigenvalue weighted by atomic mass is 10.3. The minimum absolute atomic E-state index is 0.600. The normalized spacial score (nSPS) is 27.6. The van der Waals surface area contributed by atoms with E-state index >= 15 is 0 Å². The van der Waals surface area contributed by atoms with Crippen molar-refractivity contribution in [3.05, 3.63) is 0 Å². The van der Waals surface area contributed by atoms with Gasteiger partial charge in [0.15, 0.2) is 0 Å². The van der Waals surface area contributed by atoms with Crippen LogP contribution in [0.5, 0.6) is 0 Å². The molecule has 1 atom stereocenters. The van der Waals surface area contributed by atoms with Crippen LogP contribution in [0.2, 0.25) is 0 Å². The zero-order valence-electron chi connectivity index (χ0n) is 6.35. The van der Waals surface area contributed by atoms with Crippen molar-refractivity contribution in [2.24, 2.45) is 0 Å². The summed E-state index contributed by atoms with van der Waals surface area (Å²) >= 11 is 0. The number of hydrogen-bond donors (Lipinski definition) is 0. The Balaban J connectivity index is 2.06. The molecule has 0 aromatic rings. The van der Waals surface area contributed by atoms with Gasteiger partial charge in [-0.15, -0.1) is 0 Å². The summed E-state index contributed by atoms with van der Waals surface area (Å²) in [5.74, 6) is 0. The first kappa shape index (κ1) is 7.95. The van der Waals surface area contributed by atoms with E-state index in [4.69, 9.17) is 4.74 Å². The topological polar surface area (TPSA) is 12.5 Å². The average Bonchev–Trinajstić information content (AvgIpc) is 2.31. The molecule has 0 amide bonds. The van der Waals surface area contributed by atoms with Crippen molar-refractivity contribution in [1.82, 2.24) is 4.90 Å². The van der Waals surface area contributed by atoms with Crippen molar-refractivity contribution >= 4 is 0 Å². The molecule has 0 unspecified atom stereocenters.